The zero-order valence-corrected chi connectivity index (χ0v) is 7.37. The number of rotatable bonds is 2. The van der Waals surface area contributed by atoms with E-state index in [1.165, 1.54) is 6.20 Å². The average Bonchev–Trinajstić information content (AvgIpc) is 2.11. The number of nitrogen functional groups attached to an aromatic ring is 1. The summed E-state index contributed by atoms with van der Waals surface area (Å²) in [6, 6.07) is 0. The van der Waals surface area contributed by atoms with Crippen molar-refractivity contribution < 1.29 is 0 Å². The Bertz CT molecular complexity index is 380. The maximum absolute atomic E-state index is 11.2. The number of hydrogen-bond donors (Lipinski definition) is 3. The third kappa shape index (κ3) is 2.08. The van der Waals surface area contributed by atoms with E-state index < -0.39 is 0 Å². The molecule has 5 heteroatoms. The van der Waals surface area contributed by atoms with Gasteiger partial charge in [-0.25, -0.2) is 5.10 Å². The molecule has 0 amide bonds. The fourth-order valence-electron chi connectivity index (χ4n) is 0.858. The molecule has 1 heterocycles. The molecule has 0 aliphatic rings. The van der Waals surface area contributed by atoms with Crippen molar-refractivity contribution in [1.29, 1.82) is 0 Å². The monoisotopic (exact) mass is 180 g/mol. The molecule has 1 rings (SSSR count). The van der Waals surface area contributed by atoms with Crippen LogP contribution in [0.1, 0.15) is 18.9 Å². The van der Waals surface area contributed by atoms with E-state index in [0.717, 1.165) is 0 Å². The van der Waals surface area contributed by atoms with Gasteiger partial charge in [0.25, 0.3) is 5.56 Å². The molecule has 1 aromatic heterocycles. The van der Waals surface area contributed by atoms with Gasteiger partial charge < -0.3 is 11.5 Å². The summed E-state index contributed by atoms with van der Waals surface area (Å²) in [4.78, 5) is 11.2. The maximum Gasteiger partial charge on any atom is 0.273 e. The zero-order chi connectivity index (χ0) is 9.84. The number of H-pyrrole nitrogens is 1. The lowest BCUT2D eigenvalue weighted by atomic mass is 10.2. The van der Waals surface area contributed by atoms with Gasteiger partial charge in [-0.3, -0.25) is 4.79 Å². The van der Waals surface area contributed by atoms with Crippen molar-refractivity contribution in [2.45, 2.75) is 13.3 Å². The molecular formula is C8H12N4O. The number of hydrogen-bond acceptors (Lipinski definition) is 4. The number of anilines is 1. The van der Waals surface area contributed by atoms with Crippen LogP contribution < -0.4 is 17.0 Å². The maximum atomic E-state index is 11.2. The lowest BCUT2D eigenvalue weighted by Crippen LogP contribution is -2.14. The molecular weight excluding hydrogens is 168 g/mol. The van der Waals surface area contributed by atoms with Gasteiger partial charge in [-0.05, 0) is 12.5 Å². The molecule has 13 heavy (non-hydrogen) atoms. The highest BCUT2D eigenvalue weighted by molar-refractivity contribution is 5.63. The van der Waals surface area contributed by atoms with E-state index in [1.54, 1.807) is 6.08 Å². The van der Waals surface area contributed by atoms with Crippen molar-refractivity contribution in [3.05, 3.63) is 27.8 Å². The van der Waals surface area contributed by atoms with Crippen LogP contribution in [0.4, 0.5) is 5.69 Å². The van der Waals surface area contributed by atoms with Gasteiger partial charge in [-0.1, -0.05) is 6.92 Å². The van der Waals surface area contributed by atoms with Gasteiger partial charge in [0.05, 0.1) is 17.4 Å². The second-order valence-corrected chi connectivity index (χ2v) is 2.64. The number of aromatic nitrogens is 2. The summed E-state index contributed by atoms with van der Waals surface area (Å²) in [5.74, 6) is 0. The second kappa shape index (κ2) is 3.75. The molecule has 0 aliphatic carbocycles. The molecule has 0 atom stereocenters. The molecule has 0 radical (unpaired) electrons. The lowest BCUT2D eigenvalue weighted by Gasteiger charge is -1.99. The molecule has 0 aliphatic heterocycles. The Morgan fingerprint density at radius 1 is 1.77 bits per heavy atom. The molecule has 5 N–H and O–H groups in total. The Morgan fingerprint density at radius 3 is 3.00 bits per heavy atom. The van der Waals surface area contributed by atoms with E-state index in [2.05, 4.69) is 10.2 Å². The summed E-state index contributed by atoms with van der Waals surface area (Å²) in [5.41, 5.74) is 12.1. The van der Waals surface area contributed by atoms with Crippen molar-refractivity contribution in [2.75, 3.05) is 5.73 Å². The van der Waals surface area contributed by atoms with Crippen LogP contribution in [0.2, 0.25) is 0 Å². The highest BCUT2D eigenvalue weighted by Crippen LogP contribution is 2.07. The van der Waals surface area contributed by atoms with E-state index in [9.17, 15) is 4.79 Å². The van der Waals surface area contributed by atoms with Crippen LogP contribution in [0.5, 0.6) is 0 Å². The molecule has 0 saturated heterocycles. The first kappa shape index (κ1) is 9.31. The first-order chi connectivity index (χ1) is 6.15. The predicted octanol–water partition coefficient (Wildman–Crippen LogP) is 0.0617. The van der Waals surface area contributed by atoms with E-state index in [-0.39, 0.29) is 5.56 Å². The van der Waals surface area contributed by atoms with Gasteiger partial charge in [-0.2, -0.15) is 5.10 Å². The normalized spacial score (nSPS) is 11.6. The van der Waals surface area contributed by atoms with E-state index in [4.69, 9.17) is 11.5 Å². The highest BCUT2D eigenvalue weighted by Gasteiger charge is 2.01. The Kier molecular flexibility index (Phi) is 2.69. The van der Waals surface area contributed by atoms with Gasteiger partial charge in [0.1, 0.15) is 0 Å². The summed E-state index contributed by atoms with van der Waals surface area (Å²) < 4.78 is 0. The smallest absolute Gasteiger partial charge is 0.273 e. The fourth-order valence-corrected chi connectivity index (χ4v) is 0.858. The number of allylic oxidation sites excluding steroid dienone is 1. The number of nitrogens with one attached hydrogen (secondary N) is 1. The predicted molar refractivity (Wildman–Crippen MR) is 51.7 cm³/mol. The van der Waals surface area contributed by atoms with Crippen molar-refractivity contribution in [3.8, 4) is 0 Å². The van der Waals surface area contributed by atoms with E-state index in [1.807, 2.05) is 6.92 Å². The van der Waals surface area contributed by atoms with Gasteiger partial charge in [0, 0.05) is 5.70 Å². The Labute approximate surface area is 75.5 Å². The number of nitrogens with two attached hydrogens (primary N) is 2. The first-order valence-corrected chi connectivity index (χ1v) is 3.94. The van der Waals surface area contributed by atoms with Crippen molar-refractivity contribution in [2.24, 2.45) is 5.73 Å². The third-order valence-corrected chi connectivity index (χ3v) is 1.66. The van der Waals surface area contributed by atoms with E-state index >= 15 is 0 Å². The lowest BCUT2D eigenvalue weighted by molar-refractivity contribution is 0.984. The first-order valence-electron chi connectivity index (χ1n) is 3.94. The van der Waals surface area contributed by atoms with Crippen LogP contribution >= 0.6 is 0 Å². The summed E-state index contributed by atoms with van der Waals surface area (Å²) in [6.45, 7) is 1.90. The van der Waals surface area contributed by atoms with Gasteiger partial charge >= 0.3 is 0 Å². The zero-order valence-electron chi connectivity index (χ0n) is 7.37. The summed E-state index contributed by atoms with van der Waals surface area (Å²) in [6.07, 6.45) is 3.63. The quantitative estimate of drug-likeness (QED) is 0.599. The largest absolute Gasteiger partial charge is 0.402 e. The van der Waals surface area contributed by atoms with Crippen LogP contribution in [-0.4, -0.2) is 10.2 Å². The minimum absolute atomic E-state index is 0.323. The molecule has 0 unspecified atom stereocenters. The van der Waals surface area contributed by atoms with E-state index in [0.29, 0.717) is 23.4 Å². The molecule has 0 bridgehead atoms. The third-order valence-electron chi connectivity index (χ3n) is 1.66. The van der Waals surface area contributed by atoms with Crippen LogP contribution in [0.3, 0.4) is 0 Å². The van der Waals surface area contributed by atoms with Crippen molar-refractivity contribution in [3.63, 3.8) is 0 Å². The molecule has 5 nitrogen and oxygen atoms in total. The van der Waals surface area contributed by atoms with Crippen molar-refractivity contribution >= 4 is 11.8 Å². The number of aromatic amines is 1. The Morgan fingerprint density at radius 2 is 2.46 bits per heavy atom. The topological polar surface area (TPSA) is 97.8 Å². The summed E-state index contributed by atoms with van der Waals surface area (Å²) in [7, 11) is 0. The molecule has 0 fully saturated rings. The molecule has 1 aromatic rings. The van der Waals surface area contributed by atoms with Crippen LogP contribution in [0.25, 0.3) is 6.08 Å². The van der Waals surface area contributed by atoms with Crippen LogP contribution in [0.15, 0.2) is 16.7 Å². The SMILES string of the molecule is CC/C(N)=C/c1c(N)cn[nH]c1=O. The molecule has 0 saturated carbocycles. The van der Waals surface area contributed by atoms with Gasteiger partial charge in [0.15, 0.2) is 0 Å². The van der Waals surface area contributed by atoms with Gasteiger partial charge in [0.2, 0.25) is 0 Å². The number of nitrogens with zero attached hydrogens (tertiary/aromatic N) is 1. The minimum atomic E-state index is -0.323. The minimum Gasteiger partial charge on any atom is -0.402 e. The fraction of sp³-hybridized carbons (Fsp3) is 0.250. The highest BCUT2D eigenvalue weighted by atomic mass is 16.1. The molecule has 70 valence electrons. The summed E-state index contributed by atoms with van der Waals surface area (Å²) >= 11 is 0. The van der Waals surface area contributed by atoms with Crippen LogP contribution in [-0.2, 0) is 0 Å². The standard InChI is InChI=1S/C8H12N4O/c1-2-5(9)3-6-7(10)4-11-12-8(6)13/h3-4H,2,9H2,1H3,(H3,10,12,13)/b5-3-. The van der Waals surface area contributed by atoms with Crippen LogP contribution in [0, 0.1) is 0 Å². The Balaban J connectivity index is 3.22. The molecule has 0 aromatic carbocycles. The second-order valence-electron chi connectivity index (χ2n) is 2.64. The summed E-state index contributed by atoms with van der Waals surface area (Å²) in [5, 5.41) is 5.83. The van der Waals surface area contributed by atoms with Gasteiger partial charge in [-0.15, -0.1) is 0 Å². The van der Waals surface area contributed by atoms with Crippen molar-refractivity contribution in [1.82, 2.24) is 10.2 Å². The molecule has 0 spiro atoms. The average molecular weight is 180 g/mol. The Hall–Kier alpha value is -1.78.